The number of hydrogen-bond acceptors (Lipinski definition) is 6. The minimum Gasteiger partial charge on any atom is -0.450 e. The molecule has 1 N–H and O–H groups in total. The number of hydrogen-bond donors (Lipinski definition) is 1. The fraction of sp³-hybridized carbons (Fsp3) is 0.421. The normalized spacial score (nSPS) is 10.9. The zero-order valence-electron chi connectivity index (χ0n) is 15.3. The number of carbonyl (C=O) groups excluding carboxylic acids is 2. The van der Waals surface area contributed by atoms with E-state index in [1.165, 1.54) is 6.07 Å². The minimum atomic E-state index is -0.758. The average molecular weight is 360 g/mol. The Hall–Kier alpha value is -2.67. The van der Waals surface area contributed by atoms with E-state index in [4.69, 9.17) is 9.15 Å². The van der Waals surface area contributed by atoms with Gasteiger partial charge >= 0.3 is 11.7 Å². The van der Waals surface area contributed by atoms with Crippen LogP contribution < -0.4 is 10.9 Å². The highest BCUT2D eigenvalue weighted by Crippen LogP contribution is 2.20. The molecule has 0 fully saturated rings. The van der Waals surface area contributed by atoms with E-state index < -0.39 is 17.6 Å². The second-order valence-electron chi connectivity index (χ2n) is 5.85. The predicted molar refractivity (Wildman–Crippen MR) is 98.0 cm³/mol. The molecule has 1 aromatic carbocycles. The van der Waals surface area contributed by atoms with Crippen LogP contribution in [0.5, 0.6) is 0 Å². The van der Waals surface area contributed by atoms with Gasteiger partial charge in [-0.1, -0.05) is 26.0 Å². The largest absolute Gasteiger partial charge is 0.450 e. The van der Waals surface area contributed by atoms with E-state index in [1.807, 2.05) is 36.9 Å². The van der Waals surface area contributed by atoms with Gasteiger partial charge in [0, 0.05) is 18.0 Å². The number of nitrogens with zero attached hydrogens (tertiary/aromatic N) is 1. The van der Waals surface area contributed by atoms with E-state index in [2.05, 4.69) is 5.32 Å². The van der Waals surface area contributed by atoms with Crippen LogP contribution in [0.2, 0.25) is 0 Å². The van der Waals surface area contributed by atoms with Gasteiger partial charge in [-0.3, -0.25) is 15.0 Å². The summed E-state index contributed by atoms with van der Waals surface area (Å²) in [7, 11) is 0. The fourth-order valence-electron chi connectivity index (χ4n) is 2.67. The Morgan fingerprint density at radius 2 is 1.96 bits per heavy atom. The van der Waals surface area contributed by atoms with E-state index in [1.54, 1.807) is 6.92 Å². The maximum absolute atomic E-state index is 12.0. The Kier molecular flexibility index (Phi) is 6.91. The summed E-state index contributed by atoms with van der Waals surface area (Å²) < 4.78 is 10.0. The number of ether oxygens (including phenoxy) is 1. The second-order valence-corrected chi connectivity index (χ2v) is 5.85. The van der Waals surface area contributed by atoms with Crippen molar-refractivity contribution in [2.45, 2.75) is 33.7 Å². The van der Waals surface area contributed by atoms with Crippen LogP contribution in [-0.4, -0.2) is 36.6 Å². The second kappa shape index (κ2) is 9.15. The van der Waals surface area contributed by atoms with Crippen molar-refractivity contribution < 1.29 is 18.7 Å². The van der Waals surface area contributed by atoms with E-state index in [9.17, 15) is 14.4 Å². The number of carbonyl (C=O) groups is 2. The zero-order chi connectivity index (χ0) is 19.1. The Morgan fingerprint density at radius 3 is 2.62 bits per heavy atom. The van der Waals surface area contributed by atoms with Crippen LogP contribution in [-0.2, 0) is 22.5 Å². The van der Waals surface area contributed by atoms with E-state index in [0.717, 1.165) is 22.9 Å². The van der Waals surface area contributed by atoms with Crippen molar-refractivity contribution in [2.75, 3.05) is 19.7 Å². The fourth-order valence-corrected chi connectivity index (χ4v) is 2.67. The molecule has 2 aromatic rings. The predicted octanol–water partition coefficient (Wildman–Crippen LogP) is 2.45. The number of aryl methyl sites for hydroxylation is 1. The van der Waals surface area contributed by atoms with Crippen LogP contribution >= 0.6 is 0 Å². The van der Waals surface area contributed by atoms with E-state index >= 15 is 0 Å². The Bertz CT molecular complexity index is 843. The van der Waals surface area contributed by atoms with Crippen LogP contribution in [0.4, 0.5) is 4.79 Å². The first-order chi connectivity index (χ1) is 12.5. The molecule has 0 unspecified atom stereocenters. The number of fused-ring (bicyclic) bond motifs is 1. The molecule has 0 atom stereocenters. The summed E-state index contributed by atoms with van der Waals surface area (Å²) >= 11 is 0. The lowest BCUT2D eigenvalue weighted by Crippen LogP contribution is -2.40. The third-order valence-corrected chi connectivity index (χ3v) is 4.03. The van der Waals surface area contributed by atoms with Crippen molar-refractivity contribution in [3.05, 3.63) is 45.8 Å². The van der Waals surface area contributed by atoms with Gasteiger partial charge in [-0.2, -0.15) is 0 Å². The molecule has 0 bridgehead atoms. The first kappa shape index (κ1) is 19.7. The molecule has 0 saturated carbocycles. The van der Waals surface area contributed by atoms with Gasteiger partial charge in [0.05, 0.1) is 13.2 Å². The molecule has 0 radical (unpaired) electrons. The van der Waals surface area contributed by atoms with Gasteiger partial charge in [-0.15, -0.1) is 0 Å². The number of alkyl carbamates (subject to hydrolysis) is 1. The molecule has 0 aliphatic rings. The third-order valence-electron chi connectivity index (χ3n) is 4.03. The standard InChI is InChI=1S/C19H24N2O5/c1-4-13-7-8-15-14(10-18(23)26-16(15)9-13)11-21(5-2)12-17(22)20-19(24)25-6-3/h7-10H,4-6,11-12H2,1-3H3,(H,20,22,24). The summed E-state index contributed by atoms with van der Waals surface area (Å²) in [5.41, 5.74) is 1.98. The molecule has 0 aliphatic carbocycles. The molecular weight excluding hydrogens is 336 g/mol. The number of benzene rings is 1. The zero-order valence-corrected chi connectivity index (χ0v) is 15.3. The Labute approximate surface area is 151 Å². The molecule has 1 aromatic heterocycles. The number of rotatable bonds is 7. The van der Waals surface area contributed by atoms with Crippen molar-refractivity contribution in [2.24, 2.45) is 0 Å². The van der Waals surface area contributed by atoms with Gasteiger partial charge in [-0.25, -0.2) is 9.59 Å². The smallest absolute Gasteiger partial charge is 0.413 e. The molecule has 26 heavy (non-hydrogen) atoms. The van der Waals surface area contributed by atoms with E-state index in [0.29, 0.717) is 18.7 Å². The van der Waals surface area contributed by atoms with Crippen LogP contribution in [0.25, 0.3) is 11.0 Å². The van der Waals surface area contributed by atoms with Crippen LogP contribution in [0.15, 0.2) is 33.5 Å². The molecule has 7 nitrogen and oxygen atoms in total. The van der Waals surface area contributed by atoms with Crippen molar-refractivity contribution in [3.63, 3.8) is 0 Å². The molecule has 0 spiro atoms. The van der Waals surface area contributed by atoms with Crippen molar-refractivity contribution in [3.8, 4) is 0 Å². The number of nitrogens with one attached hydrogen (secondary N) is 1. The van der Waals surface area contributed by atoms with Gasteiger partial charge in [0.25, 0.3) is 0 Å². The maximum Gasteiger partial charge on any atom is 0.413 e. The summed E-state index contributed by atoms with van der Waals surface area (Å²) in [6.45, 7) is 6.78. The van der Waals surface area contributed by atoms with Crippen LogP contribution in [0.1, 0.15) is 31.9 Å². The summed E-state index contributed by atoms with van der Waals surface area (Å²) in [5.74, 6) is -0.453. The highest BCUT2D eigenvalue weighted by molar-refractivity contribution is 5.92. The van der Waals surface area contributed by atoms with Gasteiger partial charge in [0.15, 0.2) is 0 Å². The third kappa shape index (κ3) is 5.16. The first-order valence-electron chi connectivity index (χ1n) is 8.71. The van der Waals surface area contributed by atoms with Crippen molar-refractivity contribution >= 4 is 23.0 Å². The topological polar surface area (TPSA) is 88.9 Å². The summed E-state index contributed by atoms with van der Waals surface area (Å²) in [6.07, 6.45) is 0.0883. The van der Waals surface area contributed by atoms with Gasteiger partial charge in [0.2, 0.25) is 5.91 Å². The van der Waals surface area contributed by atoms with Crippen LogP contribution in [0.3, 0.4) is 0 Å². The molecule has 1 heterocycles. The summed E-state index contributed by atoms with van der Waals surface area (Å²) in [4.78, 5) is 37.0. The quantitative estimate of drug-likeness (QED) is 0.763. The number of amides is 2. The summed E-state index contributed by atoms with van der Waals surface area (Å²) in [5, 5.41) is 3.01. The van der Waals surface area contributed by atoms with Gasteiger partial charge in [0.1, 0.15) is 5.58 Å². The lowest BCUT2D eigenvalue weighted by atomic mass is 10.1. The Balaban J connectivity index is 2.18. The SMILES string of the molecule is CCOC(=O)NC(=O)CN(CC)Cc1cc(=O)oc2cc(CC)ccc12. The van der Waals surface area contributed by atoms with Gasteiger partial charge < -0.3 is 9.15 Å². The molecule has 2 rings (SSSR count). The van der Waals surface area contributed by atoms with E-state index in [-0.39, 0.29) is 13.2 Å². The highest BCUT2D eigenvalue weighted by Gasteiger charge is 2.15. The molecule has 7 heteroatoms. The first-order valence-corrected chi connectivity index (χ1v) is 8.71. The van der Waals surface area contributed by atoms with Crippen molar-refractivity contribution in [1.29, 1.82) is 0 Å². The highest BCUT2D eigenvalue weighted by atomic mass is 16.5. The number of likely N-dealkylation sites (N-methyl/N-ethyl adjacent to an activating group) is 1. The monoisotopic (exact) mass is 360 g/mol. The molecule has 0 aliphatic heterocycles. The Morgan fingerprint density at radius 1 is 1.19 bits per heavy atom. The molecule has 0 saturated heterocycles. The van der Waals surface area contributed by atoms with Crippen molar-refractivity contribution in [1.82, 2.24) is 10.2 Å². The average Bonchev–Trinajstić information content (AvgIpc) is 2.60. The molecular formula is C19H24N2O5. The summed E-state index contributed by atoms with van der Waals surface area (Å²) in [6, 6.07) is 7.23. The molecule has 140 valence electrons. The lowest BCUT2D eigenvalue weighted by molar-refractivity contribution is -0.121. The molecule has 2 amide bonds. The maximum atomic E-state index is 12.0. The van der Waals surface area contributed by atoms with Gasteiger partial charge in [-0.05, 0) is 37.1 Å². The minimum absolute atomic E-state index is 0.0179. The van der Waals surface area contributed by atoms with Crippen LogP contribution in [0, 0.1) is 0 Å². The number of imide groups is 1. The lowest BCUT2D eigenvalue weighted by Gasteiger charge is -2.20.